The van der Waals surface area contributed by atoms with Gasteiger partial charge in [0, 0.05) is 19.7 Å². The van der Waals surface area contributed by atoms with Crippen LogP contribution < -0.4 is 5.32 Å². The number of halogens is 3. The van der Waals surface area contributed by atoms with Crippen molar-refractivity contribution in [1.82, 2.24) is 4.90 Å². The number of ether oxygens (including phenoxy) is 1. The van der Waals surface area contributed by atoms with E-state index < -0.39 is 59.9 Å². The molecule has 10 nitrogen and oxygen atoms in total. The minimum Gasteiger partial charge on any atom is -0.480 e. The smallest absolute Gasteiger partial charge is 0.416 e. The van der Waals surface area contributed by atoms with E-state index in [4.69, 9.17) is 4.74 Å². The van der Waals surface area contributed by atoms with Crippen LogP contribution in [0.3, 0.4) is 0 Å². The predicted octanol–water partition coefficient (Wildman–Crippen LogP) is 5.52. The molecule has 248 valence electrons. The van der Waals surface area contributed by atoms with Crippen LogP contribution in [0.2, 0.25) is 0 Å². The molecule has 0 atom stereocenters. The third-order valence-electron chi connectivity index (χ3n) is 7.46. The number of aliphatic carboxylic acids is 2. The van der Waals surface area contributed by atoms with Crippen LogP contribution in [0.4, 0.5) is 18.9 Å². The van der Waals surface area contributed by atoms with E-state index in [9.17, 15) is 47.4 Å². The largest absolute Gasteiger partial charge is 0.480 e. The summed E-state index contributed by atoms with van der Waals surface area (Å²) in [4.78, 5) is 64.8. The fourth-order valence-electron chi connectivity index (χ4n) is 4.86. The van der Waals surface area contributed by atoms with Gasteiger partial charge in [0.2, 0.25) is 5.41 Å². The molecule has 48 heavy (non-hydrogen) atoms. The van der Waals surface area contributed by atoms with Crippen LogP contribution in [0.1, 0.15) is 37.4 Å². The molecule has 13 heteroatoms. The van der Waals surface area contributed by atoms with Crippen molar-refractivity contribution >= 4 is 35.4 Å². The first-order valence-electron chi connectivity index (χ1n) is 14.3. The molecule has 0 aliphatic carbocycles. The van der Waals surface area contributed by atoms with E-state index in [-0.39, 0.29) is 27.9 Å². The SMILES string of the molecule is CN(C)C(=O)c1cc(CC(=O)OCC(C(=O)O)(C(=O)O)c2ccccc2)ccc1NC(=O)c1ccccc1-c1ccc(C(F)(F)F)cc1. The summed E-state index contributed by atoms with van der Waals surface area (Å²) < 4.78 is 44.4. The number of anilines is 1. The number of esters is 1. The molecule has 0 heterocycles. The van der Waals surface area contributed by atoms with Gasteiger partial charge in [-0.25, -0.2) is 0 Å². The number of carboxylic acid groups (broad SMARTS) is 2. The van der Waals surface area contributed by atoms with Crippen LogP contribution in [0.25, 0.3) is 11.1 Å². The van der Waals surface area contributed by atoms with Crippen molar-refractivity contribution in [2.24, 2.45) is 0 Å². The number of alkyl halides is 3. The average molecular weight is 663 g/mol. The van der Waals surface area contributed by atoms with E-state index in [1.807, 2.05) is 0 Å². The van der Waals surface area contributed by atoms with Crippen LogP contribution in [-0.4, -0.2) is 65.5 Å². The van der Waals surface area contributed by atoms with Gasteiger partial charge in [-0.2, -0.15) is 13.2 Å². The fraction of sp³-hybridized carbons (Fsp3) is 0.171. The van der Waals surface area contributed by atoms with E-state index in [1.165, 1.54) is 79.7 Å². The molecule has 0 saturated heterocycles. The van der Waals surface area contributed by atoms with Gasteiger partial charge < -0.3 is 25.2 Å². The summed E-state index contributed by atoms with van der Waals surface area (Å²) in [7, 11) is 2.94. The summed E-state index contributed by atoms with van der Waals surface area (Å²) in [6.07, 6.45) is -5.00. The number of nitrogens with one attached hydrogen (secondary N) is 1. The maximum atomic E-state index is 13.5. The van der Waals surface area contributed by atoms with Crippen LogP contribution in [-0.2, 0) is 37.1 Å². The van der Waals surface area contributed by atoms with Crippen molar-refractivity contribution in [2.75, 3.05) is 26.0 Å². The lowest BCUT2D eigenvalue weighted by atomic mass is 9.81. The molecule has 4 aromatic rings. The number of rotatable bonds is 11. The Labute approximate surface area is 272 Å². The molecule has 4 rings (SSSR count). The van der Waals surface area contributed by atoms with Crippen LogP contribution in [0.5, 0.6) is 0 Å². The number of benzene rings is 4. The molecule has 0 bridgehead atoms. The van der Waals surface area contributed by atoms with Crippen LogP contribution >= 0.6 is 0 Å². The molecule has 0 saturated carbocycles. The third kappa shape index (κ3) is 7.52. The van der Waals surface area contributed by atoms with Gasteiger partial charge >= 0.3 is 24.1 Å². The molecular formula is C35H29F3N2O8. The highest BCUT2D eigenvalue weighted by Crippen LogP contribution is 2.32. The summed E-state index contributed by atoms with van der Waals surface area (Å²) in [5.74, 6) is -5.63. The third-order valence-corrected chi connectivity index (χ3v) is 7.46. The van der Waals surface area contributed by atoms with Crippen molar-refractivity contribution in [3.8, 4) is 11.1 Å². The first-order valence-corrected chi connectivity index (χ1v) is 14.3. The van der Waals surface area contributed by atoms with Crippen molar-refractivity contribution in [1.29, 1.82) is 0 Å². The number of carboxylic acids is 2. The molecule has 0 unspecified atom stereocenters. The van der Waals surface area contributed by atoms with Gasteiger partial charge in [-0.1, -0.05) is 66.7 Å². The highest BCUT2D eigenvalue weighted by atomic mass is 19.4. The molecule has 0 fully saturated rings. The first-order chi connectivity index (χ1) is 22.6. The van der Waals surface area contributed by atoms with Gasteiger partial charge in [-0.3, -0.25) is 24.0 Å². The number of amides is 2. The molecule has 0 aliphatic heterocycles. The van der Waals surface area contributed by atoms with E-state index >= 15 is 0 Å². The average Bonchev–Trinajstić information content (AvgIpc) is 3.05. The lowest BCUT2D eigenvalue weighted by molar-refractivity contribution is -0.164. The monoisotopic (exact) mass is 662 g/mol. The van der Waals surface area contributed by atoms with Crippen molar-refractivity contribution in [3.05, 3.63) is 125 Å². The predicted molar refractivity (Wildman–Crippen MR) is 167 cm³/mol. The number of carbonyl (C=O) groups is 5. The number of hydrogen-bond donors (Lipinski definition) is 3. The maximum Gasteiger partial charge on any atom is 0.416 e. The van der Waals surface area contributed by atoms with Gasteiger partial charge in [0.15, 0.2) is 0 Å². The molecule has 0 spiro atoms. The Balaban J connectivity index is 1.58. The molecular weight excluding hydrogens is 633 g/mol. The van der Waals surface area contributed by atoms with Crippen molar-refractivity contribution < 1.29 is 52.1 Å². The lowest BCUT2D eigenvalue weighted by Gasteiger charge is -2.25. The minimum atomic E-state index is -4.53. The maximum absolute atomic E-state index is 13.5. The zero-order valence-corrected chi connectivity index (χ0v) is 25.6. The topological polar surface area (TPSA) is 150 Å². The Morgan fingerprint density at radius 2 is 1.35 bits per heavy atom. The number of hydrogen-bond acceptors (Lipinski definition) is 6. The van der Waals surface area contributed by atoms with Gasteiger partial charge in [-0.05, 0) is 52.6 Å². The second kappa shape index (κ2) is 14.2. The number of carbonyl (C=O) groups excluding carboxylic acids is 3. The highest BCUT2D eigenvalue weighted by molar-refractivity contribution is 6.12. The molecule has 3 N–H and O–H groups in total. The van der Waals surface area contributed by atoms with E-state index in [0.29, 0.717) is 11.1 Å². The highest BCUT2D eigenvalue weighted by Gasteiger charge is 2.50. The second-order valence-corrected chi connectivity index (χ2v) is 10.9. The van der Waals surface area contributed by atoms with Gasteiger partial charge in [0.05, 0.1) is 23.2 Å². The summed E-state index contributed by atoms with van der Waals surface area (Å²) in [5.41, 5.74) is -2.39. The standard InChI is InChI=1S/C35H29F3N2O8/c1-40(2)31(43)27-18-21(19-29(41)48-20-34(32(44)45,33(46)47)23-8-4-3-5-9-23)12-17-28(27)39-30(42)26-11-7-6-10-25(26)22-13-15-24(16-14-22)35(36,37)38/h3-18H,19-20H2,1-2H3,(H,39,42)(H,44,45)(H,46,47). The Hall–Kier alpha value is -5.98. The van der Waals surface area contributed by atoms with Crippen LogP contribution in [0, 0.1) is 0 Å². The Kier molecular flexibility index (Phi) is 10.3. The zero-order chi connectivity index (χ0) is 35.2. The summed E-state index contributed by atoms with van der Waals surface area (Å²) in [6, 6.07) is 21.8. The minimum absolute atomic E-state index is 0.0136. The van der Waals surface area contributed by atoms with Crippen molar-refractivity contribution in [3.63, 3.8) is 0 Å². The van der Waals surface area contributed by atoms with E-state index in [0.717, 1.165) is 12.1 Å². The van der Waals surface area contributed by atoms with Gasteiger partial charge in [0.25, 0.3) is 11.8 Å². The summed E-state index contributed by atoms with van der Waals surface area (Å²) in [6.45, 7) is -1.00. The first kappa shape index (κ1) is 34.9. The fourth-order valence-corrected chi connectivity index (χ4v) is 4.86. The zero-order valence-electron chi connectivity index (χ0n) is 25.6. The number of nitrogens with zero attached hydrogens (tertiary/aromatic N) is 1. The summed E-state index contributed by atoms with van der Waals surface area (Å²) in [5, 5.41) is 22.3. The van der Waals surface area contributed by atoms with E-state index in [2.05, 4.69) is 5.32 Å². The molecule has 2 amide bonds. The second-order valence-electron chi connectivity index (χ2n) is 10.9. The molecule has 4 aromatic carbocycles. The molecule has 0 radical (unpaired) electrons. The quantitative estimate of drug-likeness (QED) is 0.140. The Morgan fingerprint density at radius 1 is 0.750 bits per heavy atom. The van der Waals surface area contributed by atoms with Crippen molar-refractivity contribution in [2.45, 2.75) is 18.0 Å². The Morgan fingerprint density at radius 3 is 1.94 bits per heavy atom. The van der Waals surface area contributed by atoms with Crippen LogP contribution in [0.15, 0.2) is 97.1 Å². The summed E-state index contributed by atoms with van der Waals surface area (Å²) >= 11 is 0. The lowest BCUT2D eigenvalue weighted by Crippen LogP contribution is -2.48. The van der Waals surface area contributed by atoms with Gasteiger partial charge in [0.1, 0.15) is 6.61 Å². The normalized spacial score (nSPS) is 11.4. The van der Waals surface area contributed by atoms with Gasteiger partial charge in [-0.15, -0.1) is 0 Å². The van der Waals surface area contributed by atoms with E-state index in [1.54, 1.807) is 24.3 Å². The molecule has 0 aromatic heterocycles. The molecule has 0 aliphatic rings. The Bertz CT molecular complexity index is 1840.